The Morgan fingerprint density at radius 3 is 2.62 bits per heavy atom. The van der Waals surface area contributed by atoms with Crippen LogP contribution in [0.3, 0.4) is 0 Å². The maximum absolute atomic E-state index is 13.7. The molecule has 1 aromatic rings. The van der Waals surface area contributed by atoms with E-state index in [-0.39, 0.29) is 29.9 Å². The van der Waals surface area contributed by atoms with Crippen molar-refractivity contribution < 1.29 is 22.3 Å². The van der Waals surface area contributed by atoms with Crippen molar-refractivity contribution in [2.24, 2.45) is 0 Å². The van der Waals surface area contributed by atoms with Gasteiger partial charge in [-0.2, -0.15) is 0 Å². The number of rotatable bonds is 8. The van der Waals surface area contributed by atoms with E-state index < -0.39 is 15.8 Å². The molecule has 1 fully saturated rings. The maximum Gasteiger partial charge on any atom is 0.220 e. The molecule has 0 bridgehead atoms. The van der Waals surface area contributed by atoms with Crippen LogP contribution in [0.4, 0.5) is 4.39 Å². The van der Waals surface area contributed by atoms with E-state index in [0.717, 1.165) is 5.56 Å². The van der Waals surface area contributed by atoms with Crippen molar-refractivity contribution in [2.75, 3.05) is 26.0 Å². The van der Waals surface area contributed by atoms with Crippen LogP contribution in [-0.2, 0) is 21.2 Å². The molecular formula is C18H27FN2O4S. The summed E-state index contributed by atoms with van der Waals surface area (Å²) >= 11 is 0. The molecule has 8 heteroatoms. The van der Waals surface area contributed by atoms with Gasteiger partial charge in [0, 0.05) is 25.6 Å². The first kappa shape index (κ1) is 20.6. The molecule has 1 amide bonds. The van der Waals surface area contributed by atoms with E-state index in [4.69, 9.17) is 4.74 Å². The van der Waals surface area contributed by atoms with Gasteiger partial charge in [0.2, 0.25) is 15.9 Å². The summed E-state index contributed by atoms with van der Waals surface area (Å²) in [5.74, 6) is -0.187. The van der Waals surface area contributed by atoms with Gasteiger partial charge in [-0.15, -0.1) is 0 Å². The van der Waals surface area contributed by atoms with Crippen LogP contribution in [0.1, 0.15) is 38.2 Å². The van der Waals surface area contributed by atoms with Crippen molar-refractivity contribution in [3.8, 4) is 5.75 Å². The number of nitrogens with zero attached hydrogens (tertiary/aromatic N) is 1. The minimum Gasteiger partial charge on any atom is -0.494 e. The van der Waals surface area contributed by atoms with Crippen LogP contribution in [0.5, 0.6) is 5.75 Å². The van der Waals surface area contributed by atoms with E-state index in [2.05, 4.69) is 5.32 Å². The first-order valence-electron chi connectivity index (χ1n) is 8.95. The third-order valence-electron chi connectivity index (χ3n) is 4.53. The van der Waals surface area contributed by atoms with Gasteiger partial charge in [0.25, 0.3) is 0 Å². The summed E-state index contributed by atoms with van der Waals surface area (Å²) in [6.07, 6.45) is 2.54. The fourth-order valence-corrected chi connectivity index (χ4v) is 4.63. The second-order valence-electron chi connectivity index (χ2n) is 6.53. The highest BCUT2D eigenvalue weighted by Crippen LogP contribution is 2.19. The van der Waals surface area contributed by atoms with Gasteiger partial charge in [0.15, 0.2) is 11.6 Å². The van der Waals surface area contributed by atoms with Crippen LogP contribution in [0.25, 0.3) is 0 Å². The van der Waals surface area contributed by atoms with Gasteiger partial charge in [0.05, 0.1) is 12.9 Å². The van der Waals surface area contributed by atoms with Gasteiger partial charge in [-0.25, -0.2) is 17.1 Å². The lowest BCUT2D eigenvalue weighted by atomic mass is 10.1. The summed E-state index contributed by atoms with van der Waals surface area (Å²) in [7, 11) is -1.76. The van der Waals surface area contributed by atoms with Crippen molar-refractivity contribution in [3.63, 3.8) is 0 Å². The fourth-order valence-electron chi connectivity index (χ4n) is 3.09. The molecular weight excluding hydrogens is 359 g/mol. The smallest absolute Gasteiger partial charge is 0.220 e. The molecule has 0 radical (unpaired) electrons. The van der Waals surface area contributed by atoms with Gasteiger partial charge in [-0.05, 0) is 43.4 Å². The van der Waals surface area contributed by atoms with E-state index in [1.165, 1.54) is 17.5 Å². The van der Waals surface area contributed by atoms with Gasteiger partial charge < -0.3 is 10.1 Å². The number of methoxy groups -OCH3 is 1. The quantitative estimate of drug-likeness (QED) is 0.742. The molecule has 6 nitrogen and oxygen atoms in total. The fraction of sp³-hybridized carbons (Fsp3) is 0.611. The highest BCUT2D eigenvalue weighted by Gasteiger charge is 2.27. The molecule has 146 valence electrons. The molecule has 0 spiro atoms. The Labute approximate surface area is 154 Å². The molecule has 26 heavy (non-hydrogen) atoms. The number of sulfonamides is 1. The number of halogens is 1. The van der Waals surface area contributed by atoms with E-state index in [1.54, 1.807) is 12.1 Å². The molecule has 1 aromatic carbocycles. The van der Waals surface area contributed by atoms with Gasteiger partial charge in [-0.1, -0.05) is 13.0 Å². The molecule has 0 atom stereocenters. The van der Waals surface area contributed by atoms with Crippen molar-refractivity contribution in [1.82, 2.24) is 9.62 Å². The van der Waals surface area contributed by atoms with Crippen LogP contribution in [-0.4, -0.2) is 50.6 Å². The Morgan fingerprint density at radius 2 is 2.04 bits per heavy atom. The number of carbonyl (C=O) groups excluding carboxylic acids is 1. The lowest BCUT2D eigenvalue weighted by Crippen LogP contribution is -2.47. The van der Waals surface area contributed by atoms with Crippen LogP contribution >= 0.6 is 0 Å². The van der Waals surface area contributed by atoms with Gasteiger partial charge in [-0.3, -0.25) is 4.79 Å². The Balaban J connectivity index is 1.76. The number of ether oxygens (including phenoxy) is 1. The van der Waals surface area contributed by atoms with Crippen molar-refractivity contribution in [2.45, 2.75) is 45.1 Å². The Hall–Kier alpha value is -1.67. The predicted molar refractivity (Wildman–Crippen MR) is 98.1 cm³/mol. The maximum atomic E-state index is 13.7. The van der Waals surface area contributed by atoms with Crippen molar-refractivity contribution in [1.29, 1.82) is 0 Å². The van der Waals surface area contributed by atoms with E-state index in [0.29, 0.717) is 38.8 Å². The third-order valence-corrected chi connectivity index (χ3v) is 6.61. The van der Waals surface area contributed by atoms with Crippen molar-refractivity contribution in [3.05, 3.63) is 29.6 Å². The van der Waals surface area contributed by atoms with E-state index in [1.807, 2.05) is 6.92 Å². The molecule has 1 heterocycles. The van der Waals surface area contributed by atoms with Crippen molar-refractivity contribution >= 4 is 15.9 Å². The summed E-state index contributed by atoms with van der Waals surface area (Å²) in [6.45, 7) is 2.73. The highest BCUT2D eigenvalue weighted by molar-refractivity contribution is 7.89. The predicted octanol–water partition coefficient (Wildman–Crippen LogP) is 2.09. The van der Waals surface area contributed by atoms with Gasteiger partial charge in [0.1, 0.15) is 0 Å². The molecule has 2 rings (SSSR count). The lowest BCUT2D eigenvalue weighted by molar-refractivity contribution is -0.122. The zero-order valence-corrected chi connectivity index (χ0v) is 16.1. The number of hydrogen-bond acceptors (Lipinski definition) is 4. The molecule has 1 N–H and O–H groups in total. The lowest BCUT2D eigenvalue weighted by Gasteiger charge is -2.31. The van der Waals surface area contributed by atoms with Crippen LogP contribution in [0, 0.1) is 5.82 Å². The second-order valence-corrected chi connectivity index (χ2v) is 8.61. The molecule has 1 aliphatic rings. The summed E-state index contributed by atoms with van der Waals surface area (Å²) in [5, 5.41) is 2.95. The summed E-state index contributed by atoms with van der Waals surface area (Å²) in [5.41, 5.74) is 0.735. The molecule has 0 unspecified atom stereocenters. The normalized spacial score (nSPS) is 16.4. The van der Waals surface area contributed by atoms with E-state index >= 15 is 0 Å². The monoisotopic (exact) mass is 386 g/mol. The van der Waals surface area contributed by atoms with Gasteiger partial charge >= 0.3 is 0 Å². The number of benzene rings is 1. The zero-order chi connectivity index (χ0) is 19.2. The molecule has 1 saturated heterocycles. The molecule has 0 aliphatic carbocycles. The highest BCUT2D eigenvalue weighted by atomic mass is 32.2. The number of amides is 1. The summed E-state index contributed by atoms with van der Waals surface area (Å²) < 4.78 is 44.1. The summed E-state index contributed by atoms with van der Waals surface area (Å²) in [6, 6.07) is 4.66. The third kappa shape index (κ3) is 5.67. The minimum atomic E-state index is -3.17. The average molecular weight is 386 g/mol. The Bertz CT molecular complexity index is 716. The first-order chi connectivity index (χ1) is 12.4. The molecule has 0 aromatic heterocycles. The Morgan fingerprint density at radius 1 is 1.35 bits per heavy atom. The SMILES string of the molecule is CCCS(=O)(=O)N1CCC(NC(=O)CCc2ccc(OC)c(F)c2)CC1. The standard InChI is InChI=1S/C18H27FN2O4S/c1-3-12-26(23,24)21-10-8-15(9-11-21)20-18(22)7-5-14-4-6-17(25-2)16(19)13-14/h4,6,13,15H,3,5,7-12H2,1-2H3,(H,20,22). The summed E-state index contributed by atoms with van der Waals surface area (Å²) in [4.78, 5) is 12.1. The Kier molecular flexibility index (Phi) is 7.40. The van der Waals surface area contributed by atoms with Crippen LogP contribution < -0.4 is 10.1 Å². The number of carbonyl (C=O) groups is 1. The number of aryl methyl sites for hydroxylation is 1. The second kappa shape index (κ2) is 9.32. The van der Waals surface area contributed by atoms with Crippen LogP contribution in [0.2, 0.25) is 0 Å². The molecule has 0 saturated carbocycles. The minimum absolute atomic E-state index is 0.0109. The number of nitrogens with one attached hydrogen (secondary N) is 1. The van der Waals surface area contributed by atoms with E-state index in [9.17, 15) is 17.6 Å². The number of piperidine rings is 1. The number of hydrogen-bond donors (Lipinski definition) is 1. The largest absolute Gasteiger partial charge is 0.494 e. The first-order valence-corrected chi connectivity index (χ1v) is 10.6. The zero-order valence-electron chi connectivity index (χ0n) is 15.3. The molecule has 1 aliphatic heterocycles. The van der Waals surface area contributed by atoms with Crippen LogP contribution in [0.15, 0.2) is 18.2 Å². The average Bonchev–Trinajstić information content (AvgIpc) is 2.60. The topological polar surface area (TPSA) is 75.7 Å².